The van der Waals surface area contributed by atoms with Gasteiger partial charge in [0.15, 0.2) is 0 Å². The lowest BCUT2D eigenvalue weighted by Crippen LogP contribution is -1.96. The summed E-state index contributed by atoms with van der Waals surface area (Å²) in [6, 6.07) is -0.0865. The Morgan fingerprint density at radius 2 is 2.22 bits per heavy atom. The molecule has 0 aromatic heterocycles. The van der Waals surface area contributed by atoms with Crippen molar-refractivity contribution in [1.82, 2.24) is 0 Å². The van der Waals surface area contributed by atoms with Gasteiger partial charge in [0, 0.05) is 6.61 Å². The number of rotatable bonds is 5. The fraction of sp³-hybridized carbons (Fsp3) is 1.00. The highest BCUT2D eigenvalue weighted by Crippen LogP contribution is 2.01. The molecule has 0 aliphatic heterocycles. The number of hydrogen-bond donors (Lipinski definition) is 1. The summed E-state index contributed by atoms with van der Waals surface area (Å²) < 4.78 is 0. The Morgan fingerprint density at radius 1 is 1.56 bits per heavy atom. The molecule has 1 unspecified atom stereocenters. The van der Waals surface area contributed by atoms with Crippen molar-refractivity contribution in [3.63, 3.8) is 0 Å². The van der Waals surface area contributed by atoms with Gasteiger partial charge >= 0.3 is 0 Å². The van der Waals surface area contributed by atoms with E-state index in [9.17, 15) is 4.91 Å². The summed E-state index contributed by atoms with van der Waals surface area (Å²) >= 11 is 0. The second kappa shape index (κ2) is 5.69. The molecule has 0 aromatic carbocycles. The molecule has 0 saturated heterocycles. The molecule has 0 heterocycles. The predicted octanol–water partition coefficient (Wildman–Crippen LogP) is 1.30. The zero-order valence-corrected chi connectivity index (χ0v) is 5.71. The zero-order valence-electron chi connectivity index (χ0n) is 5.71. The maximum Gasteiger partial charge on any atom is 0.0891 e. The summed E-state index contributed by atoms with van der Waals surface area (Å²) in [7, 11) is 0. The van der Waals surface area contributed by atoms with E-state index in [1.807, 2.05) is 0 Å². The molecule has 0 saturated carbocycles. The van der Waals surface area contributed by atoms with Crippen LogP contribution in [0.5, 0.6) is 0 Å². The van der Waals surface area contributed by atoms with Crippen LogP contribution in [0.2, 0.25) is 0 Å². The third-order valence-corrected chi connectivity index (χ3v) is 1.21. The molecule has 0 aliphatic rings. The van der Waals surface area contributed by atoms with E-state index < -0.39 is 0 Å². The first-order valence-electron chi connectivity index (χ1n) is 3.24. The molecule has 0 fully saturated rings. The average Bonchev–Trinajstić information content (AvgIpc) is 1.89. The second-order valence-corrected chi connectivity index (χ2v) is 2.17. The third kappa shape index (κ3) is 5.43. The molecule has 0 aromatic rings. The SMILES string of the molecule is CC(CCCCO)N=O. The van der Waals surface area contributed by atoms with Crippen LogP contribution >= 0.6 is 0 Å². The maximum absolute atomic E-state index is 9.79. The van der Waals surface area contributed by atoms with Gasteiger partial charge in [0.2, 0.25) is 0 Å². The molecule has 0 radical (unpaired) electrons. The molecule has 9 heavy (non-hydrogen) atoms. The summed E-state index contributed by atoms with van der Waals surface area (Å²) in [4.78, 5) is 9.79. The van der Waals surface area contributed by atoms with Gasteiger partial charge in [0.25, 0.3) is 0 Å². The minimum Gasteiger partial charge on any atom is -0.396 e. The Bertz CT molecular complexity index is 75.5. The van der Waals surface area contributed by atoms with Gasteiger partial charge in [-0.2, -0.15) is 4.91 Å². The summed E-state index contributed by atoms with van der Waals surface area (Å²) in [5.74, 6) is 0. The van der Waals surface area contributed by atoms with Crippen molar-refractivity contribution in [2.45, 2.75) is 32.2 Å². The quantitative estimate of drug-likeness (QED) is 0.451. The number of unbranched alkanes of at least 4 members (excludes halogenated alkanes) is 1. The fourth-order valence-electron chi connectivity index (χ4n) is 0.604. The summed E-state index contributed by atoms with van der Waals surface area (Å²) in [6.45, 7) is 2.00. The van der Waals surface area contributed by atoms with Gasteiger partial charge < -0.3 is 5.11 Å². The van der Waals surface area contributed by atoms with Crippen molar-refractivity contribution >= 4 is 0 Å². The van der Waals surface area contributed by atoms with Crippen molar-refractivity contribution in [1.29, 1.82) is 0 Å². The highest BCUT2D eigenvalue weighted by Gasteiger charge is 1.97. The highest BCUT2D eigenvalue weighted by atomic mass is 16.3. The monoisotopic (exact) mass is 131 g/mol. The molecule has 0 spiro atoms. The standard InChI is InChI=1S/C6H13NO2/c1-6(7-9)4-2-3-5-8/h6,8H,2-5H2,1H3. The van der Waals surface area contributed by atoms with Gasteiger partial charge in [-0.1, -0.05) is 5.18 Å². The van der Waals surface area contributed by atoms with Crippen LogP contribution in [0.4, 0.5) is 0 Å². The van der Waals surface area contributed by atoms with Gasteiger partial charge in [-0.15, -0.1) is 0 Å². The van der Waals surface area contributed by atoms with Crippen LogP contribution < -0.4 is 0 Å². The fourth-order valence-corrected chi connectivity index (χ4v) is 0.604. The lowest BCUT2D eigenvalue weighted by atomic mass is 10.1. The molecule has 0 aliphatic carbocycles. The summed E-state index contributed by atoms with van der Waals surface area (Å²) in [6.07, 6.45) is 2.47. The predicted molar refractivity (Wildman–Crippen MR) is 36.2 cm³/mol. The van der Waals surface area contributed by atoms with E-state index in [0.29, 0.717) is 0 Å². The van der Waals surface area contributed by atoms with E-state index in [-0.39, 0.29) is 12.6 Å². The van der Waals surface area contributed by atoms with Crippen molar-refractivity contribution in [3.05, 3.63) is 4.91 Å². The number of nitrogens with zero attached hydrogens (tertiary/aromatic N) is 1. The molecule has 0 amide bonds. The zero-order chi connectivity index (χ0) is 7.11. The van der Waals surface area contributed by atoms with Crippen LogP contribution in [-0.2, 0) is 0 Å². The molecular weight excluding hydrogens is 118 g/mol. The van der Waals surface area contributed by atoms with Crippen molar-refractivity contribution in [2.75, 3.05) is 6.61 Å². The lowest BCUT2D eigenvalue weighted by Gasteiger charge is -1.98. The Labute approximate surface area is 55.1 Å². The lowest BCUT2D eigenvalue weighted by molar-refractivity contribution is 0.282. The third-order valence-electron chi connectivity index (χ3n) is 1.21. The molecule has 1 N–H and O–H groups in total. The summed E-state index contributed by atoms with van der Waals surface area (Å²) in [5.41, 5.74) is 0. The largest absolute Gasteiger partial charge is 0.396 e. The van der Waals surface area contributed by atoms with Gasteiger partial charge in [0.05, 0.1) is 6.04 Å². The normalized spacial score (nSPS) is 13.1. The molecule has 0 rings (SSSR count). The number of aliphatic hydroxyl groups is 1. The first-order chi connectivity index (χ1) is 4.31. The smallest absolute Gasteiger partial charge is 0.0891 e. The molecule has 0 bridgehead atoms. The minimum atomic E-state index is -0.0865. The van der Waals surface area contributed by atoms with Gasteiger partial charge in [-0.25, -0.2) is 0 Å². The Kier molecular flexibility index (Phi) is 5.41. The van der Waals surface area contributed by atoms with E-state index in [2.05, 4.69) is 5.18 Å². The number of aliphatic hydroxyl groups excluding tert-OH is 1. The van der Waals surface area contributed by atoms with Crippen LogP contribution in [0.15, 0.2) is 5.18 Å². The van der Waals surface area contributed by atoms with E-state index in [1.165, 1.54) is 0 Å². The number of nitroso groups, excluding NO2 is 1. The topological polar surface area (TPSA) is 49.7 Å². The molecule has 1 atom stereocenters. The number of hydrogen-bond acceptors (Lipinski definition) is 3. The van der Waals surface area contributed by atoms with Crippen LogP contribution in [0, 0.1) is 4.91 Å². The van der Waals surface area contributed by atoms with Gasteiger partial charge in [0.1, 0.15) is 0 Å². The van der Waals surface area contributed by atoms with Crippen LogP contribution in [0.3, 0.4) is 0 Å². The van der Waals surface area contributed by atoms with Crippen molar-refractivity contribution in [3.8, 4) is 0 Å². The minimum absolute atomic E-state index is 0.0865. The van der Waals surface area contributed by atoms with E-state index >= 15 is 0 Å². The first kappa shape index (κ1) is 8.56. The van der Waals surface area contributed by atoms with E-state index in [4.69, 9.17) is 5.11 Å². The second-order valence-electron chi connectivity index (χ2n) is 2.17. The van der Waals surface area contributed by atoms with Crippen molar-refractivity contribution in [2.24, 2.45) is 5.18 Å². The van der Waals surface area contributed by atoms with Crippen LogP contribution in [-0.4, -0.2) is 17.8 Å². The van der Waals surface area contributed by atoms with Crippen molar-refractivity contribution < 1.29 is 5.11 Å². The van der Waals surface area contributed by atoms with E-state index in [1.54, 1.807) is 6.92 Å². The Balaban J connectivity index is 2.96. The maximum atomic E-state index is 9.79. The Morgan fingerprint density at radius 3 is 2.67 bits per heavy atom. The molecule has 3 heteroatoms. The Hall–Kier alpha value is -0.440. The van der Waals surface area contributed by atoms with Crippen LogP contribution in [0.1, 0.15) is 26.2 Å². The molecule has 54 valence electrons. The molecule has 3 nitrogen and oxygen atoms in total. The first-order valence-corrected chi connectivity index (χ1v) is 3.24. The highest BCUT2D eigenvalue weighted by molar-refractivity contribution is 4.56. The van der Waals surface area contributed by atoms with Gasteiger partial charge in [-0.3, -0.25) is 0 Å². The molecular formula is C6H13NO2. The van der Waals surface area contributed by atoms with Crippen LogP contribution in [0.25, 0.3) is 0 Å². The summed E-state index contributed by atoms with van der Waals surface area (Å²) in [5, 5.41) is 11.2. The average molecular weight is 131 g/mol. The van der Waals surface area contributed by atoms with E-state index in [0.717, 1.165) is 19.3 Å². The van der Waals surface area contributed by atoms with Gasteiger partial charge in [-0.05, 0) is 26.2 Å².